The normalized spacial score (nSPS) is 25.4. The SMILES string of the molecule is O=C(Nc1ccccc1F)c1ccsc1NC(=O)[C@@H]1C2CCC(CC2)[C@H]1C(=O)O. The van der Waals surface area contributed by atoms with Crippen molar-refractivity contribution in [3.05, 3.63) is 47.1 Å². The van der Waals surface area contributed by atoms with Crippen molar-refractivity contribution in [2.75, 3.05) is 10.6 Å². The van der Waals surface area contributed by atoms with E-state index in [-0.39, 0.29) is 29.0 Å². The first kappa shape index (κ1) is 19.6. The summed E-state index contributed by atoms with van der Waals surface area (Å²) in [6.45, 7) is 0. The van der Waals surface area contributed by atoms with Crippen molar-refractivity contribution in [3.8, 4) is 0 Å². The Morgan fingerprint density at radius 2 is 1.62 bits per heavy atom. The molecule has 8 heteroatoms. The molecule has 5 rings (SSSR count). The fourth-order valence-corrected chi connectivity index (χ4v) is 5.50. The summed E-state index contributed by atoms with van der Waals surface area (Å²) in [5.41, 5.74) is 0.274. The van der Waals surface area contributed by atoms with Gasteiger partial charge in [0.2, 0.25) is 5.91 Å². The highest BCUT2D eigenvalue weighted by Crippen LogP contribution is 2.49. The van der Waals surface area contributed by atoms with Gasteiger partial charge in [-0.05, 0) is 61.1 Å². The van der Waals surface area contributed by atoms with E-state index >= 15 is 0 Å². The highest BCUT2D eigenvalue weighted by molar-refractivity contribution is 7.14. The lowest BCUT2D eigenvalue weighted by Crippen LogP contribution is -2.49. The summed E-state index contributed by atoms with van der Waals surface area (Å²) >= 11 is 1.18. The summed E-state index contributed by atoms with van der Waals surface area (Å²) in [6.07, 6.45) is 3.41. The van der Waals surface area contributed by atoms with Gasteiger partial charge in [-0.25, -0.2) is 4.39 Å². The van der Waals surface area contributed by atoms with E-state index in [9.17, 15) is 23.9 Å². The van der Waals surface area contributed by atoms with E-state index < -0.39 is 29.5 Å². The Balaban J connectivity index is 1.51. The third kappa shape index (κ3) is 3.76. The molecule has 3 aliphatic carbocycles. The molecule has 2 aromatic rings. The highest BCUT2D eigenvalue weighted by Gasteiger charge is 2.50. The van der Waals surface area contributed by atoms with Crippen LogP contribution < -0.4 is 10.6 Å². The number of rotatable bonds is 5. The molecule has 0 unspecified atom stereocenters. The number of carboxylic acids is 1. The number of amides is 2. The van der Waals surface area contributed by atoms with Crippen LogP contribution in [0, 0.1) is 29.5 Å². The molecule has 3 N–H and O–H groups in total. The zero-order valence-electron chi connectivity index (χ0n) is 15.6. The maximum absolute atomic E-state index is 13.8. The highest BCUT2D eigenvalue weighted by atomic mass is 32.1. The number of halogens is 1. The summed E-state index contributed by atoms with van der Waals surface area (Å²) in [4.78, 5) is 37.4. The molecule has 1 aromatic heterocycles. The number of carbonyl (C=O) groups excluding carboxylic acids is 2. The molecule has 6 nitrogen and oxygen atoms in total. The van der Waals surface area contributed by atoms with Crippen LogP contribution in [0.3, 0.4) is 0 Å². The predicted molar refractivity (Wildman–Crippen MR) is 107 cm³/mol. The van der Waals surface area contributed by atoms with Crippen LogP contribution in [-0.4, -0.2) is 22.9 Å². The molecule has 29 heavy (non-hydrogen) atoms. The van der Waals surface area contributed by atoms with Gasteiger partial charge in [-0.3, -0.25) is 14.4 Å². The minimum atomic E-state index is -0.928. The molecule has 0 radical (unpaired) electrons. The van der Waals surface area contributed by atoms with Crippen molar-refractivity contribution >= 4 is 39.8 Å². The Kier molecular flexibility index (Phi) is 5.36. The molecular formula is C21H21FN2O4S. The van der Waals surface area contributed by atoms with Crippen LogP contribution in [-0.2, 0) is 9.59 Å². The van der Waals surface area contributed by atoms with Gasteiger partial charge in [0.15, 0.2) is 0 Å². The zero-order chi connectivity index (χ0) is 20.5. The summed E-state index contributed by atoms with van der Waals surface area (Å²) < 4.78 is 13.8. The lowest BCUT2D eigenvalue weighted by Gasteiger charge is -2.45. The number of thiophene rings is 1. The molecule has 0 aliphatic heterocycles. The van der Waals surface area contributed by atoms with Gasteiger partial charge in [-0.2, -0.15) is 0 Å². The van der Waals surface area contributed by atoms with Crippen LogP contribution in [0.15, 0.2) is 35.7 Å². The predicted octanol–water partition coefficient (Wildman–Crippen LogP) is 4.22. The molecule has 2 amide bonds. The Labute approximate surface area is 171 Å². The van der Waals surface area contributed by atoms with Gasteiger partial charge in [-0.15, -0.1) is 11.3 Å². The molecule has 0 spiro atoms. The van der Waals surface area contributed by atoms with E-state index in [4.69, 9.17) is 0 Å². The van der Waals surface area contributed by atoms with Crippen LogP contribution in [0.4, 0.5) is 15.1 Å². The molecule has 2 atom stereocenters. The maximum Gasteiger partial charge on any atom is 0.307 e. The number of para-hydroxylation sites is 1. The topological polar surface area (TPSA) is 95.5 Å². The Bertz CT molecular complexity index is 952. The molecule has 3 saturated carbocycles. The Hall–Kier alpha value is -2.74. The number of carboxylic acid groups (broad SMARTS) is 1. The van der Waals surface area contributed by atoms with Crippen molar-refractivity contribution < 1.29 is 23.9 Å². The second kappa shape index (κ2) is 7.94. The van der Waals surface area contributed by atoms with Crippen LogP contribution >= 0.6 is 11.3 Å². The Morgan fingerprint density at radius 3 is 2.28 bits per heavy atom. The first-order valence-electron chi connectivity index (χ1n) is 9.62. The van der Waals surface area contributed by atoms with Crippen LogP contribution in [0.1, 0.15) is 36.0 Å². The number of anilines is 2. The van der Waals surface area contributed by atoms with Crippen LogP contribution in [0.25, 0.3) is 0 Å². The molecule has 0 saturated heterocycles. The largest absolute Gasteiger partial charge is 0.481 e. The number of nitrogens with one attached hydrogen (secondary N) is 2. The number of aliphatic carboxylic acids is 1. The third-order valence-corrected chi connectivity index (χ3v) is 6.91. The lowest BCUT2D eigenvalue weighted by atomic mass is 9.58. The first-order valence-corrected chi connectivity index (χ1v) is 10.5. The van der Waals surface area contributed by atoms with E-state index in [0.29, 0.717) is 5.00 Å². The zero-order valence-corrected chi connectivity index (χ0v) is 16.4. The number of fused-ring (bicyclic) bond motifs is 3. The summed E-state index contributed by atoms with van der Waals surface area (Å²) in [5, 5.41) is 16.9. The molecular weight excluding hydrogens is 395 g/mol. The molecule has 3 aliphatic rings. The van der Waals surface area contributed by atoms with Gasteiger partial charge in [0.25, 0.3) is 5.91 Å². The molecule has 1 heterocycles. The average molecular weight is 416 g/mol. The van der Waals surface area contributed by atoms with Gasteiger partial charge in [0.05, 0.1) is 23.1 Å². The summed E-state index contributed by atoms with van der Waals surface area (Å²) in [7, 11) is 0. The number of carbonyl (C=O) groups is 3. The van der Waals surface area contributed by atoms with Gasteiger partial charge in [0.1, 0.15) is 10.8 Å². The molecule has 2 bridgehead atoms. The fraction of sp³-hybridized carbons (Fsp3) is 0.381. The third-order valence-electron chi connectivity index (χ3n) is 6.08. The fourth-order valence-electron chi connectivity index (χ4n) is 4.71. The van der Waals surface area contributed by atoms with E-state index in [1.807, 2.05) is 0 Å². The first-order chi connectivity index (χ1) is 14.0. The van der Waals surface area contributed by atoms with Crippen molar-refractivity contribution in [3.63, 3.8) is 0 Å². The molecule has 1 aromatic carbocycles. The van der Waals surface area contributed by atoms with Crippen molar-refractivity contribution in [1.82, 2.24) is 0 Å². The second-order valence-electron chi connectivity index (χ2n) is 7.65. The van der Waals surface area contributed by atoms with E-state index in [0.717, 1.165) is 25.7 Å². The number of hydrogen-bond acceptors (Lipinski definition) is 4. The van der Waals surface area contributed by atoms with Crippen molar-refractivity contribution in [2.24, 2.45) is 23.7 Å². The van der Waals surface area contributed by atoms with E-state index in [1.165, 1.54) is 29.5 Å². The van der Waals surface area contributed by atoms with Gasteiger partial charge >= 0.3 is 5.97 Å². The lowest BCUT2D eigenvalue weighted by molar-refractivity contribution is -0.156. The minimum Gasteiger partial charge on any atom is -0.481 e. The molecule has 152 valence electrons. The summed E-state index contributed by atoms with van der Waals surface area (Å²) in [6, 6.07) is 7.39. The average Bonchev–Trinajstić information content (AvgIpc) is 3.18. The molecule has 3 fully saturated rings. The van der Waals surface area contributed by atoms with Crippen molar-refractivity contribution in [2.45, 2.75) is 25.7 Å². The number of benzene rings is 1. The quantitative estimate of drug-likeness (QED) is 0.680. The Morgan fingerprint density at radius 1 is 0.966 bits per heavy atom. The van der Waals surface area contributed by atoms with Gasteiger partial charge in [-0.1, -0.05) is 12.1 Å². The van der Waals surface area contributed by atoms with E-state index in [2.05, 4.69) is 10.6 Å². The van der Waals surface area contributed by atoms with Gasteiger partial charge in [0, 0.05) is 0 Å². The van der Waals surface area contributed by atoms with E-state index in [1.54, 1.807) is 17.5 Å². The second-order valence-corrected chi connectivity index (χ2v) is 8.57. The minimum absolute atomic E-state index is 0.0282. The smallest absolute Gasteiger partial charge is 0.307 e. The van der Waals surface area contributed by atoms with Crippen LogP contribution in [0.5, 0.6) is 0 Å². The van der Waals surface area contributed by atoms with Gasteiger partial charge < -0.3 is 15.7 Å². The van der Waals surface area contributed by atoms with Crippen LogP contribution in [0.2, 0.25) is 0 Å². The summed E-state index contributed by atoms with van der Waals surface area (Å²) in [5.74, 6) is -3.56. The van der Waals surface area contributed by atoms with Crippen molar-refractivity contribution in [1.29, 1.82) is 0 Å². The maximum atomic E-state index is 13.8. The standard InChI is InChI=1S/C21H21FN2O4S/c22-14-3-1-2-4-15(14)23-18(25)13-9-10-29-20(13)24-19(26)16-11-5-7-12(8-6-11)17(16)21(27)28/h1-4,9-12,16-17H,5-8H2,(H,23,25)(H,24,26)(H,27,28)/t11?,12?,16-,17-/m1/s1. The monoisotopic (exact) mass is 416 g/mol. The number of hydrogen-bond donors (Lipinski definition) is 3.